The molecule has 6 nitrogen and oxygen atoms in total. The zero-order valence-corrected chi connectivity index (χ0v) is 17.6. The van der Waals surface area contributed by atoms with Crippen molar-refractivity contribution in [2.45, 2.75) is 33.1 Å². The minimum atomic E-state index is 0. The molecule has 1 aromatic rings. The number of benzene rings is 1. The van der Waals surface area contributed by atoms with Crippen molar-refractivity contribution < 1.29 is 9.47 Å². The second-order valence-electron chi connectivity index (χ2n) is 5.82. The van der Waals surface area contributed by atoms with E-state index in [-0.39, 0.29) is 24.0 Å². The predicted octanol–water partition coefficient (Wildman–Crippen LogP) is 3.31. The first-order valence-electron chi connectivity index (χ1n) is 8.92. The Morgan fingerprint density at radius 3 is 2.56 bits per heavy atom. The van der Waals surface area contributed by atoms with Crippen LogP contribution in [0.4, 0.5) is 5.69 Å². The number of halogens is 1. The minimum Gasteiger partial charge on any atom is -0.494 e. The van der Waals surface area contributed by atoms with Crippen molar-refractivity contribution in [3.05, 3.63) is 18.2 Å². The molecule has 1 aliphatic heterocycles. The summed E-state index contributed by atoms with van der Waals surface area (Å²) in [6, 6.07) is 5.67. The van der Waals surface area contributed by atoms with E-state index >= 15 is 0 Å². The first kappa shape index (κ1) is 21.8. The van der Waals surface area contributed by atoms with Crippen molar-refractivity contribution in [1.29, 1.82) is 0 Å². The van der Waals surface area contributed by atoms with Gasteiger partial charge in [0.1, 0.15) is 11.5 Å². The molecule has 1 aromatic carbocycles. The molecule has 0 aromatic heterocycles. The maximum atomic E-state index is 6.03. The van der Waals surface area contributed by atoms with Gasteiger partial charge >= 0.3 is 0 Å². The Morgan fingerprint density at radius 2 is 1.88 bits per heavy atom. The number of anilines is 1. The van der Waals surface area contributed by atoms with Crippen LogP contribution in [0.15, 0.2) is 23.2 Å². The number of ether oxygens (including phenoxy) is 2. The number of guanidine groups is 1. The van der Waals surface area contributed by atoms with Crippen molar-refractivity contribution >= 4 is 35.6 Å². The number of likely N-dealkylation sites (tertiary alicyclic amines) is 1. The van der Waals surface area contributed by atoms with Gasteiger partial charge in [-0.2, -0.15) is 0 Å². The molecule has 0 unspecified atom stereocenters. The standard InChI is InChI=1S/C18H30N4O2.HI/c1-3-23-15-8-9-17(24-4-2)16(14-15)21-18(19)20-10-13-22-11-6-5-7-12-22;/h8-9,14H,3-7,10-13H2,1-2H3,(H3,19,20,21);1H. The fourth-order valence-corrected chi connectivity index (χ4v) is 2.82. The lowest BCUT2D eigenvalue weighted by Gasteiger charge is -2.25. The maximum absolute atomic E-state index is 6.03. The summed E-state index contributed by atoms with van der Waals surface area (Å²) in [5.74, 6) is 1.93. The molecule has 1 aliphatic rings. The van der Waals surface area contributed by atoms with Crippen LogP contribution >= 0.6 is 24.0 Å². The Balaban J connectivity index is 0.00000312. The lowest BCUT2D eigenvalue weighted by Crippen LogP contribution is -2.32. The molecule has 25 heavy (non-hydrogen) atoms. The Kier molecular flexibility index (Phi) is 10.6. The molecule has 0 atom stereocenters. The molecule has 0 amide bonds. The van der Waals surface area contributed by atoms with E-state index in [4.69, 9.17) is 15.2 Å². The molecule has 0 bridgehead atoms. The molecule has 0 aliphatic carbocycles. The second-order valence-corrected chi connectivity index (χ2v) is 5.82. The van der Waals surface area contributed by atoms with Gasteiger partial charge in [-0.05, 0) is 51.9 Å². The van der Waals surface area contributed by atoms with Crippen LogP contribution in [0.2, 0.25) is 0 Å². The van der Waals surface area contributed by atoms with Gasteiger partial charge in [-0.1, -0.05) is 6.42 Å². The summed E-state index contributed by atoms with van der Waals surface area (Å²) >= 11 is 0. The van der Waals surface area contributed by atoms with Crippen LogP contribution in [0.3, 0.4) is 0 Å². The van der Waals surface area contributed by atoms with Gasteiger partial charge in [-0.3, -0.25) is 4.99 Å². The first-order chi connectivity index (χ1) is 11.7. The van der Waals surface area contributed by atoms with E-state index in [1.54, 1.807) is 0 Å². The number of aliphatic imine (C=N–C) groups is 1. The minimum absolute atomic E-state index is 0. The van der Waals surface area contributed by atoms with Crippen LogP contribution in [0.25, 0.3) is 0 Å². The third kappa shape index (κ3) is 7.68. The van der Waals surface area contributed by atoms with Crippen LogP contribution in [0, 0.1) is 0 Å². The summed E-state index contributed by atoms with van der Waals surface area (Å²) in [5, 5.41) is 3.14. The Labute approximate surface area is 168 Å². The highest BCUT2D eigenvalue weighted by Gasteiger charge is 2.10. The van der Waals surface area contributed by atoms with Crippen LogP contribution in [0.5, 0.6) is 11.5 Å². The van der Waals surface area contributed by atoms with Gasteiger partial charge in [0, 0.05) is 12.6 Å². The van der Waals surface area contributed by atoms with Crippen molar-refractivity contribution in [3.63, 3.8) is 0 Å². The normalized spacial score (nSPS) is 15.4. The summed E-state index contributed by atoms with van der Waals surface area (Å²) in [6.07, 6.45) is 3.93. The number of nitrogens with one attached hydrogen (secondary N) is 1. The molecule has 1 heterocycles. The van der Waals surface area contributed by atoms with Gasteiger partial charge in [-0.25, -0.2) is 0 Å². The topological polar surface area (TPSA) is 72.1 Å². The third-order valence-corrected chi connectivity index (χ3v) is 3.97. The van der Waals surface area contributed by atoms with E-state index < -0.39 is 0 Å². The number of piperidine rings is 1. The highest BCUT2D eigenvalue weighted by molar-refractivity contribution is 14.0. The van der Waals surface area contributed by atoms with Crippen molar-refractivity contribution in [2.75, 3.05) is 44.7 Å². The van der Waals surface area contributed by atoms with E-state index in [1.807, 2.05) is 32.0 Å². The van der Waals surface area contributed by atoms with Crippen molar-refractivity contribution in [3.8, 4) is 11.5 Å². The average Bonchev–Trinajstić information content (AvgIpc) is 2.58. The van der Waals surface area contributed by atoms with Crippen molar-refractivity contribution in [1.82, 2.24) is 4.90 Å². The smallest absolute Gasteiger partial charge is 0.193 e. The summed E-state index contributed by atoms with van der Waals surface area (Å²) in [4.78, 5) is 6.88. The molecule has 0 saturated carbocycles. The largest absolute Gasteiger partial charge is 0.494 e. The number of hydrogen-bond donors (Lipinski definition) is 2. The molecule has 3 N–H and O–H groups in total. The van der Waals surface area contributed by atoms with E-state index in [2.05, 4.69) is 15.2 Å². The van der Waals surface area contributed by atoms with E-state index in [0.29, 0.717) is 25.7 Å². The van der Waals surface area contributed by atoms with E-state index in [1.165, 1.54) is 32.4 Å². The maximum Gasteiger partial charge on any atom is 0.193 e. The molecule has 0 spiro atoms. The van der Waals surface area contributed by atoms with Crippen LogP contribution in [-0.4, -0.2) is 50.3 Å². The van der Waals surface area contributed by atoms with E-state index in [0.717, 1.165) is 23.7 Å². The molecular formula is C18H31IN4O2. The van der Waals surface area contributed by atoms with Gasteiger partial charge in [0.2, 0.25) is 0 Å². The Bertz CT molecular complexity index is 534. The lowest BCUT2D eigenvalue weighted by molar-refractivity contribution is 0.235. The quantitative estimate of drug-likeness (QED) is 0.353. The SMILES string of the molecule is CCOc1ccc(OCC)c(NC(N)=NCCN2CCCCC2)c1.I. The fourth-order valence-electron chi connectivity index (χ4n) is 2.82. The first-order valence-corrected chi connectivity index (χ1v) is 8.92. The highest BCUT2D eigenvalue weighted by atomic mass is 127. The molecule has 7 heteroatoms. The number of rotatable bonds is 8. The summed E-state index contributed by atoms with van der Waals surface area (Å²) in [7, 11) is 0. The van der Waals surface area contributed by atoms with Crippen LogP contribution in [-0.2, 0) is 0 Å². The van der Waals surface area contributed by atoms with Gasteiger partial charge in [0.25, 0.3) is 0 Å². The third-order valence-electron chi connectivity index (χ3n) is 3.97. The van der Waals surface area contributed by atoms with Gasteiger partial charge < -0.3 is 25.4 Å². The van der Waals surface area contributed by atoms with Crippen molar-refractivity contribution in [2.24, 2.45) is 10.7 Å². The average molecular weight is 462 g/mol. The molecule has 2 rings (SSSR count). The highest BCUT2D eigenvalue weighted by Crippen LogP contribution is 2.29. The fraction of sp³-hybridized carbons (Fsp3) is 0.611. The number of nitrogens with zero attached hydrogens (tertiary/aromatic N) is 2. The van der Waals surface area contributed by atoms with E-state index in [9.17, 15) is 0 Å². The lowest BCUT2D eigenvalue weighted by atomic mass is 10.1. The van der Waals surface area contributed by atoms with Gasteiger partial charge in [0.15, 0.2) is 5.96 Å². The summed E-state index contributed by atoms with van der Waals surface area (Å²) in [6.45, 7) is 9.13. The van der Waals surface area contributed by atoms with Gasteiger partial charge in [-0.15, -0.1) is 24.0 Å². The summed E-state index contributed by atoms with van der Waals surface area (Å²) < 4.78 is 11.2. The molecule has 1 fully saturated rings. The van der Waals surface area contributed by atoms with Gasteiger partial charge in [0.05, 0.1) is 25.4 Å². The number of nitrogens with two attached hydrogens (primary N) is 1. The number of hydrogen-bond acceptors (Lipinski definition) is 4. The molecule has 142 valence electrons. The Morgan fingerprint density at radius 1 is 1.16 bits per heavy atom. The molecule has 1 saturated heterocycles. The predicted molar refractivity (Wildman–Crippen MR) is 115 cm³/mol. The molecular weight excluding hydrogens is 431 g/mol. The zero-order valence-electron chi connectivity index (χ0n) is 15.3. The zero-order chi connectivity index (χ0) is 17.2. The monoisotopic (exact) mass is 462 g/mol. The Hall–Kier alpha value is -1.22. The van der Waals surface area contributed by atoms with Crippen LogP contribution in [0.1, 0.15) is 33.1 Å². The second kappa shape index (κ2) is 12.2. The molecule has 0 radical (unpaired) electrons. The summed E-state index contributed by atoms with van der Waals surface area (Å²) in [5.41, 5.74) is 6.81. The van der Waals surface area contributed by atoms with Crippen LogP contribution < -0.4 is 20.5 Å².